The SMILES string of the molecule is Cc1ccccc1N(C)c1nc(CNCC(C)C)co1. The van der Waals surface area contributed by atoms with Gasteiger partial charge < -0.3 is 9.73 Å². The van der Waals surface area contributed by atoms with E-state index < -0.39 is 0 Å². The number of hydrogen-bond acceptors (Lipinski definition) is 4. The van der Waals surface area contributed by atoms with Gasteiger partial charge in [-0.1, -0.05) is 32.0 Å². The number of anilines is 2. The van der Waals surface area contributed by atoms with E-state index in [0.29, 0.717) is 11.9 Å². The minimum atomic E-state index is 0.626. The Hall–Kier alpha value is -1.81. The van der Waals surface area contributed by atoms with Crippen molar-refractivity contribution in [3.63, 3.8) is 0 Å². The summed E-state index contributed by atoms with van der Waals surface area (Å²) in [7, 11) is 1.97. The predicted molar refractivity (Wildman–Crippen MR) is 82.3 cm³/mol. The number of hydrogen-bond donors (Lipinski definition) is 1. The highest BCUT2D eigenvalue weighted by molar-refractivity contribution is 5.59. The second-order valence-corrected chi connectivity index (χ2v) is 5.49. The first-order valence-corrected chi connectivity index (χ1v) is 7.02. The normalized spacial score (nSPS) is 11.1. The summed E-state index contributed by atoms with van der Waals surface area (Å²) in [5.74, 6) is 0.635. The molecule has 4 nitrogen and oxygen atoms in total. The Morgan fingerprint density at radius 3 is 2.75 bits per heavy atom. The first-order valence-electron chi connectivity index (χ1n) is 7.02. The maximum atomic E-state index is 5.57. The van der Waals surface area contributed by atoms with Crippen molar-refractivity contribution in [2.45, 2.75) is 27.3 Å². The lowest BCUT2D eigenvalue weighted by molar-refractivity contribution is 0.540. The van der Waals surface area contributed by atoms with Gasteiger partial charge >= 0.3 is 6.01 Å². The van der Waals surface area contributed by atoms with E-state index in [4.69, 9.17) is 4.42 Å². The van der Waals surface area contributed by atoms with Crippen LogP contribution in [0.2, 0.25) is 0 Å². The molecule has 2 aromatic rings. The summed E-state index contributed by atoms with van der Waals surface area (Å²) >= 11 is 0. The number of para-hydroxylation sites is 1. The number of oxazole rings is 1. The Morgan fingerprint density at radius 2 is 2.05 bits per heavy atom. The van der Waals surface area contributed by atoms with Crippen molar-refractivity contribution in [2.75, 3.05) is 18.5 Å². The summed E-state index contributed by atoms with van der Waals surface area (Å²) in [4.78, 5) is 6.49. The molecule has 1 aromatic carbocycles. The summed E-state index contributed by atoms with van der Waals surface area (Å²) in [6.07, 6.45) is 1.72. The van der Waals surface area contributed by atoms with Crippen molar-refractivity contribution in [1.29, 1.82) is 0 Å². The molecule has 0 bridgehead atoms. The van der Waals surface area contributed by atoms with Crippen LogP contribution in [0, 0.1) is 12.8 Å². The van der Waals surface area contributed by atoms with Crippen molar-refractivity contribution >= 4 is 11.7 Å². The number of aromatic nitrogens is 1. The lowest BCUT2D eigenvalue weighted by Crippen LogP contribution is -2.19. The van der Waals surface area contributed by atoms with E-state index in [0.717, 1.165) is 24.5 Å². The lowest BCUT2D eigenvalue weighted by atomic mass is 10.2. The van der Waals surface area contributed by atoms with Crippen LogP contribution >= 0.6 is 0 Å². The molecule has 1 aromatic heterocycles. The average Bonchev–Trinajstić information content (AvgIpc) is 2.87. The van der Waals surface area contributed by atoms with Gasteiger partial charge in [0.2, 0.25) is 0 Å². The quantitative estimate of drug-likeness (QED) is 0.874. The molecule has 0 saturated heterocycles. The van der Waals surface area contributed by atoms with E-state index in [1.165, 1.54) is 5.56 Å². The van der Waals surface area contributed by atoms with Crippen LogP contribution in [-0.4, -0.2) is 18.6 Å². The molecule has 0 aliphatic rings. The third kappa shape index (κ3) is 3.61. The highest BCUT2D eigenvalue weighted by Gasteiger charge is 2.12. The summed E-state index contributed by atoms with van der Waals surface area (Å²) in [5.41, 5.74) is 3.24. The van der Waals surface area contributed by atoms with Gasteiger partial charge in [0.05, 0.1) is 5.69 Å². The molecule has 20 heavy (non-hydrogen) atoms. The van der Waals surface area contributed by atoms with Crippen LogP contribution in [-0.2, 0) is 6.54 Å². The van der Waals surface area contributed by atoms with Crippen molar-refractivity contribution < 1.29 is 4.42 Å². The standard InChI is InChI=1S/C16H23N3O/c1-12(2)9-17-10-14-11-20-16(18-14)19(4)15-8-6-5-7-13(15)3/h5-8,11-12,17H,9-10H2,1-4H3. The maximum absolute atomic E-state index is 5.57. The van der Waals surface area contributed by atoms with E-state index in [1.807, 2.05) is 24.1 Å². The van der Waals surface area contributed by atoms with Gasteiger partial charge in [0.15, 0.2) is 0 Å². The zero-order chi connectivity index (χ0) is 14.5. The van der Waals surface area contributed by atoms with Crippen LogP contribution in [0.15, 0.2) is 34.9 Å². The highest BCUT2D eigenvalue weighted by atomic mass is 16.4. The second kappa shape index (κ2) is 6.57. The number of nitrogens with one attached hydrogen (secondary N) is 1. The molecule has 108 valence electrons. The molecule has 1 N–H and O–H groups in total. The Labute approximate surface area is 120 Å². The van der Waals surface area contributed by atoms with Crippen molar-refractivity contribution in [1.82, 2.24) is 10.3 Å². The monoisotopic (exact) mass is 273 g/mol. The molecule has 0 saturated carbocycles. The van der Waals surface area contributed by atoms with E-state index in [2.05, 4.69) is 43.2 Å². The van der Waals surface area contributed by atoms with Crippen LogP contribution in [0.3, 0.4) is 0 Å². The topological polar surface area (TPSA) is 41.3 Å². The van der Waals surface area contributed by atoms with Crippen molar-refractivity contribution in [3.8, 4) is 0 Å². The van der Waals surface area contributed by atoms with E-state index in [9.17, 15) is 0 Å². The predicted octanol–water partition coefficient (Wildman–Crippen LogP) is 3.50. The van der Waals surface area contributed by atoms with E-state index >= 15 is 0 Å². The number of nitrogens with zero attached hydrogens (tertiary/aromatic N) is 2. The fraction of sp³-hybridized carbons (Fsp3) is 0.438. The van der Waals surface area contributed by atoms with Crippen LogP contribution in [0.4, 0.5) is 11.7 Å². The molecule has 0 unspecified atom stereocenters. The Morgan fingerprint density at radius 1 is 1.30 bits per heavy atom. The molecule has 4 heteroatoms. The zero-order valence-corrected chi connectivity index (χ0v) is 12.7. The van der Waals surface area contributed by atoms with Crippen LogP contribution < -0.4 is 10.2 Å². The number of rotatable bonds is 6. The summed E-state index contributed by atoms with van der Waals surface area (Å²) in [5, 5.41) is 3.36. The van der Waals surface area contributed by atoms with Crippen LogP contribution in [0.25, 0.3) is 0 Å². The van der Waals surface area contributed by atoms with Crippen molar-refractivity contribution in [3.05, 3.63) is 41.8 Å². The third-order valence-electron chi connectivity index (χ3n) is 3.16. The van der Waals surface area contributed by atoms with Gasteiger partial charge in [0, 0.05) is 19.3 Å². The average molecular weight is 273 g/mol. The molecule has 0 atom stereocenters. The smallest absolute Gasteiger partial charge is 0.301 e. The largest absolute Gasteiger partial charge is 0.431 e. The minimum absolute atomic E-state index is 0.626. The van der Waals surface area contributed by atoms with Gasteiger partial charge in [-0.3, -0.25) is 4.90 Å². The molecule has 0 fully saturated rings. The van der Waals surface area contributed by atoms with Crippen molar-refractivity contribution in [2.24, 2.45) is 5.92 Å². The molecular formula is C16H23N3O. The van der Waals surface area contributed by atoms with Gasteiger partial charge in [-0.2, -0.15) is 4.98 Å². The summed E-state index contributed by atoms with van der Waals surface area (Å²) in [6.45, 7) is 8.18. The molecule has 0 aliphatic heterocycles. The Bertz CT molecular complexity index is 548. The van der Waals surface area contributed by atoms with Gasteiger partial charge in [0.25, 0.3) is 0 Å². The Balaban J connectivity index is 2.03. The Kier molecular flexibility index (Phi) is 4.79. The third-order valence-corrected chi connectivity index (χ3v) is 3.16. The van der Waals surface area contributed by atoms with Crippen LogP contribution in [0.5, 0.6) is 0 Å². The van der Waals surface area contributed by atoms with Gasteiger partial charge in [-0.15, -0.1) is 0 Å². The molecule has 0 aliphatic carbocycles. The molecule has 0 amide bonds. The first kappa shape index (κ1) is 14.6. The highest BCUT2D eigenvalue weighted by Crippen LogP contribution is 2.25. The lowest BCUT2D eigenvalue weighted by Gasteiger charge is -2.16. The second-order valence-electron chi connectivity index (χ2n) is 5.49. The van der Waals surface area contributed by atoms with Crippen LogP contribution in [0.1, 0.15) is 25.1 Å². The van der Waals surface area contributed by atoms with Gasteiger partial charge in [0.1, 0.15) is 6.26 Å². The summed E-state index contributed by atoms with van der Waals surface area (Å²) < 4.78 is 5.57. The number of benzene rings is 1. The molecule has 0 spiro atoms. The van der Waals surface area contributed by atoms with Gasteiger partial charge in [-0.25, -0.2) is 0 Å². The molecule has 0 radical (unpaired) electrons. The zero-order valence-electron chi connectivity index (χ0n) is 12.7. The molecular weight excluding hydrogens is 250 g/mol. The van der Waals surface area contributed by atoms with Gasteiger partial charge in [-0.05, 0) is 31.0 Å². The van der Waals surface area contributed by atoms with E-state index in [-0.39, 0.29) is 0 Å². The first-order chi connectivity index (χ1) is 9.58. The fourth-order valence-electron chi connectivity index (χ4n) is 2.06. The molecule has 2 rings (SSSR count). The fourth-order valence-corrected chi connectivity index (χ4v) is 2.06. The van der Waals surface area contributed by atoms with E-state index in [1.54, 1.807) is 6.26 Å². The number of aryl methyl sites for hydroxylation is 1. The minimum Gasteiger partial charge on any atom is -0.431 e. The molecule has 1 heterocycles. The maximum Gasteiger partial charge on any atom is 0.301 e. The summed E-state index contributed by atoms with van der Waals surface area (Å²) in [6, 6.07) is 8.83.